The Hall–Kier alpha value is -2.50. The molecule has 0 spiro atoms. The molecule has 2 heterocycles. The van der Waals surface area contributed by atoms with Crippen molar-refractivity contribution in [2.24, 2.45) is 0 Å². The van der Waals surface area contributed by atoms with Gasteiger partial charge < -0.3 is 16.0 Å². The van der Waals surface area contributed by atoms with Gasteiger partial charge in [0.1, 0.15) is 5.69 Å². The van der Waals surface area contributed by atoms with Crippen LogP contribution in [0.15, 0.2) is 30.5 Å². The van der Waals surface area contributed by atoms with Crippen LogP contribution in [0.2, 0.25) is 0 Å². The van der Waals surface area contributed by atoms with E-state index < -0.39 is 0 Å². The minimum Gasteiger partial charge on any atom is -0.396 e. The maximum absolute atomic E-state index is 12.0. The Morgan fingerprint density at radius 2 is 1.95 bits per heavy atom. The third-order valence-corrected chi connectivity index (χ3v) is 3.49. The summed E-state index contributed by atoms with van der Waals surface area (Å²) in [6.45, 7) is 2.22. The molecule has 20 heavy (non-hydrogen) atoms. The van der Waals surface area contributed by atoms with Gasteiger partial charge >= 0.3 is 0 Å². The summed E-state index contributed by atoms with van der Waals surface area (Å²) in [6, 6.07) is 7.85. The van der Waals surface area contributed by atoms with Gasteiger partial charge in [0.05, 0.1) is 11.9 Å². The van der Waals surface area contributed by atoms with Crippen LogP contribution in [-0.4, -0.2) is 29.2 Å². The van der Waals surface area contributed by atoms with Crippen molar-refractivity contribution in [2.75, 3.05) is 29.0 Å². The lowest BCUT2D eigenvalue weighted by Gasteiger charge is -2.17. The highest BCUT2D eigenvalue weighted by molar-refractivity contribution is 6.06. The molecular formula is C14H17N5O. The molecule has 0 unspecified atom stereocenters. The van der Waals surface area contributed by atoms with E-state index in [1.807, 2.05) is 24.3 Å². The van der Waals surface area contributed by atoms with Crippen molar-refractivity contribution in [1.82, 2.24) is 10.2 Å². The van der Waals surface area contributed by atoms with Gasteiger partial charge in [-0.25, -0.2) is 0 Å². The Morgan fingerprint density at radius 3 is 2.55 bits per heavy atom. The average molecular weight is 271 g/mol. The van der Waals surface area contributed by atoms with Crippen molar-refractivity contribution in [1.29, 1.82) is 0 Å². The number of nitrogen functional groups attached to an aromatic ring is 1. The van der Waals surface area contributed by atoms with Gasteiger partial charge in [-0.2, -0.15) is 5.10 Å². The summed E-state index contributed by atoms with van der Waals surface area (Å²) < 4.78 is 0. The largest absolute Gasteiger partial charge is 0.396 e. The van der Waals surface area contributed by atoms with E-state index in [9.17, 15) is 4.79 Å². The summed E-state index contributed by atoms with van der Waals surface area (Å²) in [7, 11) is 0. The van der Waals surface area contributed by atoms with Gasteiger partial charge in [-0.1, -0.05) is 0 Å². The van der Waals surface area contributed by atoms with E-state index in [1.165, 1.54) is 24.7 Å². The van der Waals surface area contributed by atoms with Crippen LogP contribution in [-0.2, 0) is 0 Å². The molecule has 3 rings (SSSR count). The molecule has 1 aromatic carbocycles. The van der Waals surface area contributed by atoms with Crippen molar-refractivity contribution in [3.05, 3.63) is 36.2 Å². The average Bonchev–Trinajstić information content (AvgIpc) is 3.10. The minimum absolute atomic E-state index is 0.283. The van der Waals surface area contributed by atoms with Crippen molar-refractivity contribution in [3.8, 4) is 0 Å². The number of H-pyrrole nitrogens is 1. The molecule has 2 aromatic rings. The molecule has 1 aliphatic rings. The van der Waals surface area contributed by atoms with Crippen LogP contribution in [0.3, 0.4) is 0 Å². The number of aromatic nitrogens is 2. The summed E-state index contributed by atoms with van der Waals surface area (Å²) in [5, 5.41) is 9.11. The number of hydrogen-bond donors (Lipinski definition) is 3. The number of carbonyl (C=O) groups is 1. The van der Waals surface area contributed by atoms with E-state index in [1.54, 1.807) is 0 Å². The third-order valence-electron chi connectivity index (χ3n) is 3.49. The molecule has 6 nitrogen and oxygen atoms in total. The second kappa shape index (κ2) is 5.24. The Balaban J connectivity index is 1.69. The highest BCUT2D eigenvalue weighted by atomic mass is 16.1. The van der Waals surface area contributed by atoms with Crippen LogP contribution < -0.4 is 16.0 Å². The SMILES string of the molecule is Nc1cn[nH]c1C(=O)Nc1ccc(N2CCCC2)cc1. The highest BCUT2D eigenvalue weighted by Gasteiger charge is 2.14. The minimum atomic E-state index is -0.283. The fraction of sp³-hybridized carbons (Fsp3) is 0.286. The smallest absolute Gasteiger partial charge is 0.275 e. The van der Waals surface area contributed by atoms with Crippen molar-refractivity contribution < 1.29 is 4.79 Å². The second-order valence-electron chi connectivity index (χ2n) is 4.90. The molecule has 1 fully saturated rings. The number of aromatic amines is 1. The molecule has 0 radical (unpaired) electrons. The fourth-order valence-electron chi connectivity index (χ4n) is 2.40. The van der Waals surface area contributed by atoms with Crippen LogP contribution in [0.25, 0.3) is 0 Å². The number of benzene rings is 1. The summed E-state index contributed by atoms with van der Waals surface area (Å²) >= 11 is 0. The van der Waals surface area contributed by atoms with Gasteiger partial charge in [-0.05, 0) is 37.1 Å². The second-order valence-corrected chi connectivity index (χ2v) is 4.90. The quantitative estimate of drug-likeness (QED) is 0.795. The molecule has 1 amide bonds. The maximum atomic E-state index is 12.0. The maximum Gasteiger partial charge on any atom is 0.275 e. The van der Waals surface area contributed by atoms with Gasteiger partial charge in [0, 0.05) is 24.5 Å². The van der Waals surface area contributed by atoms with E-state index in [4.69, 9.17) is 5.73 Å². The van der Waals surface area contributed by atoms with Crippen molar-refractivity contribution >= 4 is 23.0 Å². The summed E-state index contributed by atoms with van der Waals surface area (Å²) in [4.78, 5) is 14.3. The Kier molecular flexibility index (Phi) is 3.28. The third kappa shape index (κ3) is 2.45. The topological polar surface area (TPSA) is 87.0 Å². The van der Waals surface area contributed by atoms with Crippen LogP contribution in [0.1, 0.15) is 23.3 Å². The van der Waals surface area contributed by atoms with Gasteiger partial charge in [0.25, 0.3) is 5.91 Å². The first-order chi connectivity index (χ1) is 9.74. The number of nitrogens with zero attached hydrogens (tertiary/aromatic N) is 2. The predicted octanol–water partition coefficient (Wildman–Crippen LogP) is 1.84. The van der Waals surface area contributed by atoms with E-state index in [-0.39, 0.29) is 11.6 Å². The monoisotopic (exact) mass is 271 g/mol. The number of nitrogens with one attached hydrogen (secondary N) is 2. The number of hydrogen-bond acceptors (Lipinski definition) is 4. The zero-order chi connectivity index (χ0) is 13.9. The van der Waals surface area contributed by atoms with Crippen molar-refractivity contribution in [2.45, 2.75) is 12.8 Å². The van der Waals surface area contributed by atoms with Crippen LogP contribution in [0.5, 0.6) is 0 Å². The Bertz CT molecular complexity index is 598. The number of nitrogens with two attached hydrogens (primary N) is 1. The molecule has 1 saturated heterocycles. The standard InChI is InChI=1S/C14H17N5O/c15-12-9-16-18-13(12)14(20)17-10-3-5-11(6-4-10)19-7-1-2-8-19/h3-6,9H,1-2,7-8,15H2,(H,16,18)(H,17,20). The molecule has 6 heteroatoms. The molecule has 0 atom stereocenters. The van der Waals surface area contributed by atoms with E-state index in [2.05, 4.69) is 20.4 Å². The first-order valence-electron chi connectivity index (χ1n) is 6.69. The lowest BCUT2D eigenvalue weighted by molar-refractivity contribution is 0.102. The first-order valence-corrected chi connectivity index (χ1v) is 6.69. The number of amides is 1. The number of anilines is 3. The molecule has 1 aromatic heterocycles. The zero-order valence-electron chi connectivity index (χ0n) is 11.1. The molecule has 0 saturated carbocycles. The van der Waals surface area contributed by atoms with Crippen LogP contribution in [0.4, 0.5) is 17.1 Å². The summed E-state index contributed by atoms with van der Waals surface area (Å²) in [6.07, 6.45) is 3.92. The van der Waals surface area contributed by atoms with E-state index >= 15 is 0 Å². The van der Waals surface area contributed by atoms with Gasteiger partial charge in [0.2, 0.25) is 0 Å². The van der Waals surface area contributed by atoms with Crippen molar-refractivity contribution in [3.63, 3.8) is 0 Å². The van der Waals surface area contributed by atoms with E-state index in [0.717, 1.165) is 18.8 Å². The summed E-state index contributed by atoms with van der Waals surface area (Å²) in [5.74, 6) is -0.283. The van der Waals surface area contributed by atoms with Gasteiger partial charge in [0.15, 0.2) is 0 Å². The Morgan fingerprint density at radius 1 is 1.25 bits per heavy atom. The summed E-state index contributed by atoms with van der Waals surface area (Å²) in [5.41, 5.74) is 8.21. The van der Waals surface area contributed by atoms with Gasteiger partial charge in [-0.3, -0.25) is 9.89 Å². The molecule has 0 aliphatic carbocycles. The predicted molar refractivity (Wildman–Crippen MR) is 78.8 cm³/mol. The molecule has 1 aliphatic heterocycles. The molecular weight excluding hydrogens is 254 g/mol. The normalized spacial score (nSPS) is 14.5. The first kappa shape index (κ1) is 12.5. The van der Waals surface area contributed by atoms with E-state index in [0.29, 0.717) is 5.69 Å². The lowest BCUT2D eigenvalue weighted by Crippen LogP contribution is -2.17. The Labute approximate surface area is 117 Å². The number of rotatable bonds is 3. The van der Waals surface area contributed by atoms with Crippen LogP contribution in [0, 0.1) is 0 Å². The highest BCUT2D eigenvalue weighted by Crippen LogP contribution is 2.22. The van der Waals surface area contributed by atoms with Crippen LogP contribution >= 0.6 is 0 Å². The lowest BCUT2D eigenvalue weighted by atomic mass is 10.2. The fourth-order valence-corrected chi connectivity index (χ4v) is 2.40. The molecule has 104 valence electrons. The molecule has 4 N–H and O–H groups in total. The van der Waals surface area contributed by atoms with Gasteiger partial charge in [-0.15, -0.1) is 0 Å². The number of carbonyl (C=O) groups excluding carboxylic acids is 1. The molecule has 0 bridgehead atoms. The zero-order valence-corrected chi connectivity index (χ0v) is 11.1.